The van der Waals surface area contributed by atoms with Crippen LogP contribution in [0.1, 0.15) is 19.3 Å². The maximum Gasteiger partial charge on any atom is 0.250 e. The predicted octanol–water partition coefficient (Wildman–Crippen LogP) is 0.951. The first kappa shape index (κ1) is 14.3. The summed E-state index contributed by atoms with van der Waals surface area (Å²) in [6, 6.07) is 3.37. The Labute approximate surface area is 120 Å². The van der Waals surface area contributed by atoms with Crippen LogP contribution in [0, 0.1) is 0 Å². The Morgan fingerprint density at radius 2 is 2.26 bits per heavy atom. The van der Waals surface area contributed by atoms with Gasteiger partial charge in [0, 0.05) is 48.8 Å². The summed E-state index contributed by atoms with van der Waals surface area (Å²) in [6.07, 6.45) is 4.05. The van der Waals surface area contributed by atoms with Crippen molar-refractivity contribution < 1.29 is 4.79 Å². The Kier molecular flexibility index (Phi) is 4.76. The maximum absolute atomic E-state index is 12.1. The van der Waals surface area contributed by atoms with Crippen molar-refractivity contribution >= 4 is 21.8 Å². The molecule has 0 aliphatic carbocycles. The molecule has 6 heteroatoms. The number of hydrogen-bond donors (Lipinski definition) is 1. The predicted molar refractivity (Wildman–Crippen MR) is 76.8 cm³/mol. The van der Waals surface area contributed by atoms with Crippen LogP contribution in [0.5, 0.6) is 0 Å². The fraction of sp³-hybridized carbons (Fsp3) is 0.538. The number of likely N-dealkylation sites (tertiary alicyclic amines) is 1. The molecule has 5 nitrogen and oxygen atoms in total. The second-order valence-electron chi connectivity index (χ2n) is 4.75. The number of amides is 1. The van der Waals surface area contributed by atoms with Crippen molar-refractivity contribution in [2.24, 2.45) is 5.73 Å². The average Bonchev–Trinajstić information content (AvgIpc) is 2.88. The molecule has 2 heterocycles. The van der Waals surface area contributed by atoms with E-state index in [9.17, 15) is 9.59 Å². The first-order valence-electron chi connectivity index (χ1n) is 6.47. The lowest BCUT2D eigenvalue weighted by atomic mass is 10.2. The molecule has 1 atom stereocenters. The van der Waals surface area contributed by atoms with Gasteiger partial charge in [-0.15, -0.1) is 0 Å². The molecule has 0 radical (unpaired) electrons. The Morgan fingerprint density at radius 3 is 3.00 bits per heavy atom. The molecule has 1 fully saturated rings. The lowest BCUT2D eigenvalue weighted by Crippen LogP contribution is -2.40. The van der Waals surface area contributed by atoms with Crippen LogP contribution in [-0.2, 0) is 11.3 Å². The third kappa shape index (κ3) is 3.45. The molecule has 19 heavy (non-hydrogen) atoms. The number of rotatable bonds is 4. The van der Waals surface area contributed by atoms with Gasteiger partial charge in [0.05, 0.1) is 0 Å². The highest BCUT2D eigenvalue weighted by Crippen LogP contribution is 2.17. The first-order valence-corrected chi connectivity index (χ1v) is 7.26. The van der Waals surface area contributed by atoms with Crippen LogP contribution in [0.3, 0.4) is 0 Å². The minimum atomic E-state index is -0.0900. The molecule has 1 aliphatic heterocycles. The standard InChI is InChI=1S/C13H18BrN3O2/c14-10-3-4-12(18)16(9-10)7-5-13(19)17-6-1-2-11(17)8-15/h3-4,9,11H,1-2,5-8,15H2. The van der Waals surface area contributed by atoms with E-state index in [1.165, 1.54) is 6.07 Å². The number of halogens is 1. The number of nitrogens with zero attached hydrogens (tertiary/aromatic N) is 2. The van der Waals surface area contributed by atoms with Gasteiger partial charge in [-0.1, -0.05) is 0 Å². The van der Waals surface area contributed by atoms with Gasteiger partial charge in [-0.2, -0.15) is 0 Å². The summed E-state index contributed by atoms with van der Waals surface area (Å²) in [5.41, 5.74) is 5.57. The van der Waals surface area contributed by atoms with Crippen LogP contribution in [0.25, 0.3) is 0 Å². The molecule has 2 rings (SSSR count). The quantitative estimate of drug-likeness (QED) is 0.895. The summed E-state index contributed by atoms with van der Waals surface area (Å²) in [7, 11) is 0. The molecule has 1 saturated heterocycles. The Hall–Kier alpha value is -1.14. The molecule has 1 aliphatic rings. The molecular formula is C13H18BrN3O2. The smallest absolute Gasteiger partial charge is 0.250 e. The summed E-state index contributed by atoms with van der Waals surface area (Å²) in [6.45, 7) is 1.71. The molecule has 0 bridgehead atoms. The Balaban J connectivity index is 1.97. The van der Waals surface area contributed by atoms with Crippen LogP contribution in [-0.4, -0.2) is 34.5 Å². The van der Waals surface area contributed by atoms with E-state index in [0.29, 0.717) is 19.5 Å². The molecule has 0 spiro atoms. The zero-order valence-electron chi connectivity index (χ0n) is 10.7. The van der Waals surface area contributed by atoms with E-state index in [4.69, 9.17) is 5.73 Å². The van der Waals surface area contributed by atoms with Gasteiger partial charge in [0.25, 0.3) is 5.56 Å². The van der Waals surface area contributed by atoms with Crippen molar-refractivity contribution in [3.05, 3.63) is 33.2 Å². The summed E-state index contributed by atoms with van der Waals surface area (Å²) < 4.78 is 2.38. The van der Waals surface area contributed by atoms with Gasteiger partial charge in [0.1, 0.15) is 0 Å². The normalized spacial score (nSPS) is 18.8. The number of nitrogens with two attached hydrogens (primary N) is 1. The third-order valence-electron chi connectivity index (χ3n) is 3.48. The molecular weight excluding hydrogens is 310 g/mol. The van der Waals surface area contributed by atoms with E-state index in [2.05, 4.69) is 15.9 Å². The van der Waals surface area contributed by atoms with Crippen molar-refractivity contribution in [3.8, 4) is 0 Å². The number of carbonyl (C=O) groups excluding carboxylic acids is 1. The lowest BCUT2D eigenvalue weighted by molar-refractivity contribution is -0.132. The SMILES string of the molecule is NCC1CCCN1C(=O)CCn1cc(Br)ccc1=O. The van der Waals surface area contributed by atoms with E-state index in [0.717, 1.165) is 23.9 Å². The molecule has 1 aromatic rings. The molecule has 0 aromatic carbocycles. The van der Waals surface area contributed by atoms with E-state index in [1.807, 2.05) is 4.90 Å². The second kappa shape index (κ2) is 6.34. The van der Waals surface area contributed by atoms with Crippen LogP contribution in [0.15, 0.2) is 27.6 Å². The van der Waals surface area contributed by atoms with Gasteiger partial charge in [-0.05, 0) is 34.8 Å². The van der Waals surface area contributed by atoms with E-state index in [1.54, 1.807) is 16.8 Å². The van der Waals surface area contributed by atoms with E-state index >= 15 is 0 Å². The van der Waals surface area contributed by atoms with Crippen LogP contribution < -0.4 is 11.3 Å². The molecule has 1 unspecified atom stereocenters. The second-order valence-corrected chi connectivity index (χ2v) is 5.66. The fourth-order valence-electron chi connectivity index (χ4n) is 2.45. The summed E-state index contributed by atoms with van der Waals surface area (Å²) in [4.78, 5) is 25.6. The summed E-state index contributed by atoms with van der Waals surface area (Å²) >= 11 is 3.32. The van der Waals surface area contributed by atoms with Crippen molar-refractivity contribution in [1.29, 1.82) is 0 Å². The van der Waals surface area contributed by atoms with Gasteiger partial charge in [0.2, 0.25) is 5.91 Å². The Bertz CT molecular complexity index is 515. The number of pyridine rings is 1. The highest BCUT2D eigenvalue weighted by Gasteiger charge is 2.26. The molecule has 1 aromatic heterocycles. The van der Waals surface area contributed by atoms with Gasteiger partial charge >= 0.3 is 0 Å². The number of aromatic nitrogens is 1. The largest absolute Gasteiger partial charge is 0.338 e. The van der Waals surface area contributed by atoms with Crippen molar-refractivity contribution in [2.75, 3.05) is 13.1 Å². The van der Waals surface area contributed by atoms with Crippen molar-refractivity contribution in [1.82, 2.24) is 9.47 Å². The van der Waals surface area contributed by atoms with Crippen LogP contribution >= 0.6 is 15.9 Å². The fourth-order valence-corrected chi connectivity index (χ4v) is 2.83. The zero-order valence-corrected chi connectivity index (χ0v) is 12.3. The minimum absolute atomic E-state index is 0.0832. The van der Waals surface area contributed by atoms with Crippen molar-refractivity contribution in [3.63, 3.8) is 0 Å². The molecule has 104 valence electrons. The molecule has 2 N–H and O–H groups in total. The monoisotopic (exact) mass is 327 g/mol. The maximum atomic E-state index is 12.1. The zero-order chi connectivity index (χ0) is 13.8. The average molecular weight is 328 g/mol. The highest BCUT2D eigenvalue weighted by atomic mass is 79.9. The minimum Gasteiger partial charge on any atom is -0.338 e. The van der Waals surface area contributed by atoms with E-state index < -0.39 is 0 Å². The van der Waals surface area contributed by atoms with Crippen molar-refractivity contribution in [2.45, 2.75) is 31.8 Å². The van der Waals surface area contributed by atoms with Crippen LogP contribution in [0.2, 0.25) is 0 Å². The topological polar surface area (TPSA) is 68.3 Å². The first-order chi connectivity index (χ1) is 9.11. The number of hydrogen-bond acceptors (Lipinski definition) is 3. The van der Waals surface area contributed by atoms with Gasteiger partial charge < -0.3 is 15.2 Å². The lowest BCUT2D eigenvalue weighted by Gasteiger charge is -2.23. The van der Waals surface area contributed by atoms with Gasteiger partial charge in [-0.3, -0.25) is 9.59 Å². The van der Waals surface area contributed by atoms with Gasteiger partial charge in [-0.25, -0.2) is 0 Å². The molecule has 0 saturated carbocycles. The van der Waals surface area contributed by atoms with Crippen LogP contribution in [0.4, 0.5) is 0 Å². The highest BCUT2D eigenvalue weighted by molar-refractivity contribution is 9.10. The Morgan fingerprint density at radius 1 is 1.47 bits per heavy atom. The third-order valence-corrected chi connectivity index (χ3v) is 3.95. The number of aryl methyl sites for hydroxylation is 1. The summed E-state index contributed by atoms with van der Waals surface area (Å²) in [5, 5.41) is 0. The summed E-state index contributed by atoms with van der Waals surface area (Å²) in [5.74, 6) is 0.0832. The van der Waals surface area contributed by atoms with E-state index in [-0.39, 0.29) is 17.5 Å². The van der Waals surface area contributed by atoms with Gasteiger partial charge in [0.15, 0.2) is 0 Å². The molecule has 1 amide bonds. The number of carbonyl (C=O) groups is 1.